The van der Waals surface area contributed by atoms with Gasteiger partial charge in [0.25, 0.3) is 0 Å². The molecule has 0 saturated heterocycles. The zero-order valence-corrected chi connectivity index (χ0v) is 12.9. The Morgan fingerprint density at radius 1 is 1.42 bits per heavy atom. The van der Waals surface area contributed by atoms with Crippen LogP contribution in [-0.2, 0) is 6.54 Å². The standard InChI is InChI=1S/C15H24ClNO2/c1-5-15(4,18)10-19-14-7-6-13(16)8-12(14)9-17-11(2)3/h6-8,11,17-18H,5,9-10H2,1-4H3. The third kappa shape index (κ3) is 5.81. The molecule has 0 spiro atoms. The lowest BCUT2D eigenvalue weighted by atomic mass is 10.1. The summed E-state index contributed by atoms with van der Waals surface area (Å²) >= 11 is 6.02. The molecule has 0 fully saturated rings. The van der Waals surface area contributed by atoms with Gasteiger partial charge < -0.3 is 15.2 Å². The van der Waals surface area contributed by atoms with Crippen molar-refractivity contribution in [2.45, 2.75) is 52.3 Å². The molecule has 1 aromatic rings. The van der Waals surface area contributed by atoms with Crippen molar-refractivity contribution in [1.82, 2.24) is 5.32 Å². The maximum atomic E-state index is 9.98. The largest absolute Gasteiger partial charge is 0.490 e. The summed E-state index contributed by atoms with van der Waals surface area (Å²) in [5, 5.41) is 14.0. The fourth-order valence-corrected chi connectivity index (χ4v) is 1.67. The first-order chi connectivity index (χ1) is 8.84. The topological polar surface area (TPSA) is 41.5 Å². The van der Waals surface area contributed by atoms with Crippen LogP contribution >= 0.6 is 11.6 Å². The van der Waals surface area contributed by atoms with Gasteiger partial charge in [-0.2, -0.15) is 0 Å². The third-order valence-electron chi connectivity index (χ3n) is 3.02. The summed E-state index contributed by atoms with van der Waals surface area (Å²) in [6.07, 6.45) is 0.653. The van der Waals surface area contributed by atoms with Crippen LogP contribution in [0.25, 0.3) is 0 Å². The smallest absolute Gasteiger partial charge is 0.124 e. The van der Waals surface area contributed by atoms with E-state index in [-0.39, 0.29) is 6.61 Å². The Balaban J connectivity index is 2.76. The van der Waals surface area contributed by atoms with Crippen molar-refractivity contribution in [2.75, 3.05) is 6.61 Å². The van der Waals surface area contributed by atoms with Gasteiger partial charge in [0.15, 0.2) is 0 Å². The first-order valence-corrected chi connectivity index (χ1v) is 7.09. The van der Waals surface area contributed by atoms with Crippen molar-refractivity contribution in [3.63, 3.8) is 0 Å². The van der Waals surface area contributed by atoms with E-state index in [4.69, 9.17) is 16.3 Å². The highest BCUT2D eigenvalue weighted by molar-refractivity contribution is 6.30. The monoisotopic (exact) mass is 285 g/mol. The number of hydrogen-bond donors (Lipinski definition) is 2. The van der Waals surface area contributed by atoms with E-state index in [0.717, 1.165) is 11.3 Å². The van der Waals surface area contributed by atoms with Gasteiger partial charge in [-0.1, -0.05) is 32.4 Å². The first kappa shape index (κ1) is 16.3. The molecule has 1 unspecified atom stereocenters. The fraction of sp³-hybridized carbons (Fsp3) is 0.600. The molecule has 1 atom stereocenters. The first-order valence-electron chi connectivity index (χ1n) is 6.71. The van der Waals surface area contributed by atoms with E-state index in [1.807, 2.05) is 19.1 Å². The van der Waals surface area contributed by atoms with Crippen LogP contribution in [0, 0.1) is 0 Å². The third-order valence-corrected chi connectivity index (χ3v) is 3.26. The summed E-state index contributed by atoms with van der Waals surface area (Å²) in [5.74, 6) is 0.770. The van der Waals surface area contributed by atoms with Gasteiger partial charge in [-0.15, -0.1) is 0 Å². The molecule has 0 radical (unpaired) electrons. The van der Waals surface area contributed by atoms with Gasteiger partial charge >= 0.3 is 0 Å². The molecule has 1 rings (SSSR count). The van der Waals surface area contributed by atoms with Crippen LogP contribution in [0.5, 0.6) is 5.75 Å². The quantitative estimate of drug-likeness (QED) is 0.807. The molecule has 0 saturated carbocycles. The lowest BCUT2D eigenvalue weighted by Gasteiger charge is -2.23. The Morgan fingerprint density at radius 3 is 2.68 bits per heavy atom. The number of benzene rings is 1. The van der Waals surface area contributed by atoms with Crippen LogP contribution in [0.1, 0.15) is 39.7 Å². The van der Waals surface area contributed by atoms with Crippen molar-refractivity contribution in [2.24, 2.45) is 0 Å². The van der Waals surface area contributed by atoms with Gasteiger partial charge in [-0.05, 0) is 31.5 Å². The van der Waals surface area contributed by atoms with Crippen LogP contribution in [0.4, 0.5) is 0 Å². The van der Waals surface area contributed by atoms with Gasteiger partial charge in [0.1, 0.15) is 12.4 Å². The Morgan fingerprint density at radius 2 is 2.11 bits per heavy atom. The Labute approximate surface area is 120 Å². The van der Waals surface area contributed by atoms with Crippen molar-refractivity contribution < 1.29 is 9.84 Å². The second-order valence-electron chi connectivity index (χ2n) is 5.43. The number of hydrogen-bond acceptors (Lipinski definition) is 3. The predicted octanol–water partition coefficient (Wildman–Crippen LogP) is 3.38. The molecular weight excluding hydrogens is 262 g/mol. The molecule has 4 heteroatoms. The lowest BCUT2D eigenvalue weighted by Crippen LogP contribution is -2.31. The van der Waals surface area contributed by atoms with Crippen molar-refractivity contribution >= 4 is 11.6 Å². The number of aliphatic hydroxyl groups is 1. The molecule has 1 aromatic carbocycles. The maximum absolute atomic E-state index is 9.98. The zero-order valence-electron chi connectivity index (χ0n) is 12.2. The molecule has 0 heterocycles. The Bertz CT molecular complexity index is 405. The Hall–Kier alpha value is -0.770. The van der Waals surface area contributed by atoms with E-state index in [1.165, 1.54) is 0 Å². The second kappa shape index (κ2) is 7.13. The molecule has 0 aliphatic heterocycles. The van der Waals surface area contributed by atoms with E-state index in [2.05, 4.69) is 19.2 Å². The number of rotatable bonds is 7. The Kier molecular flexibility index (Phi) is 6.11. The van der Waals surface area contributed by atoms with Gasteiger partial charge in [0, 0.05) is 23.2 Å². The summed E-state index contributed by atoms with van der Waals surface area (Å²) in [7, 11) is 0. The van der Waals surface area contributed by atoms with E-state index < -0.39 is 5.60 Å². The van der Waals surface area contributed by atoms with Gasteiger partial charge in [0.05, 0.1) is 5.60 Å². The summed E-state index contributed by atoms with van der Waals surface area (Å²) in [6.45, 7) is 8.86. The summed E-state index contributed by atoms with van der Waals surface area (Å²) in [5.41, 5.74) is 0.204. The maximum Gasteiger partial charge on any atom is 0.124 e. The molecule has 0 aliphatic rings. The molecule has 19 heavy (non-hydrogen) atoms. The molecular formula is C15H24ClNO2. The average Bonchev–Trinajstić information content (AvgIpc) is 2.35. The van der Waals surface area contributed by atoms with Gasteiger partial charge in [-0.25, -0.2) is 0 Å². The average molecular weight is 286 g/mol. The second-order valence-corrected chi connectivity index (χ2v) is 5.86. The minimum absolute atomic E-state index is 0.278. The highest BCUT2D eigenvalue weighted by Crippen LogP contribution is 2.24. The van der Waals surface area contributed by atoms with E-state index in [9.17, 15) is 5.11 Å². The fourth-order valence-electron chi connectivity index (χ4n) is 1.48. The normalized spacial score (nSPS) is 14.5. The summed E-state index contributed by atoms with van der Waals surface area (Å²) in [6, 6.07) is 5.94. The van der Waals surface area contributed by atoms with Gasteiger partial charge in [0.2, 0.25) is 0 Å². The van der Waals surface area contributed by atoms with Crippen molar-refractivity contribution in [1.29, 1.82) is 0 Å². The molecule has 2 N–H and O–H groups in total. The molecule has 3 nitrogen and oxygen atoms in total. The molecule has 0 aliphatic carbocycles. The zero-order chi connectivity index (χ0) is 14.5. The summed E-state index contributed by atoms with van der Waals surface area (Å²) in [4.78, 5) is 0. The van der Waals surface area contributed by atoms with E-state index in [1.54, 1.807) is 13.0 Å². The van der Waals surface area contributed by atoms with E-state index >= 15 is 0 Å². The van der Waals surface area contributed by atoms with Crippen molar-refractivity contribution in [3.8, 4) is 5.75 Å². The highest BCUT2D eigenvalue weighted by Gasteiger charge is 2.19. The molecule has 108 valence electrons. The predicted molar refractivity (Wildman–Crippen MR) is 79.8 cm³/mol. The minimum atomic E-state index is -0.803. The molecule has 0 bridgehead atoms. The van der Waals surface area contributed by atoms with Crippen LogP contribution in [0.15, 0.2) is 18.2 Å². The number of halogens is 1. The minimum Gasteiger partial charge on any atom is -0.490 e. The van der Waals surface area contributed by atoms with Gasteiger partial charge in [-0.3, -0.25) is 0 Å². The summed E-state index contributed by atoms with van der Waals surface area (Å²) < 4.78 is 5.73. The SMILES string of the molecule is CCC(C)(O)COc1ccc(Cl)cc1CNC(C)C. The highest BCUT2D eigenvalue weighted by atomic mass is 35.5. The molecule has 0 aromatic heterocycles. The van der Waals surface area contributed by atoms with E-state index in [0.29, 0.717) is 24.0 Å². The van der Waals surface area contributed by atoms with Crippen LogP contribution in [-0.4, -0.2) is 23.4 Å². The molecule has 0 amide bonds. The van der Waals surface area contributed by atoms with Crippen LogP contribution < -0.4 is 10.1 Å². The van der Waals surface area contributed by atoms with Crippen molar-refractivity contribution in [3.05, 3.63) is 28.8 Å². The van der Waals surface area contributed by atoms with Crippen LogP contribution in [0.2, 0.25) is 5.02 Å². The van der Waals surface area contributed by atoms with Crippen LogP contribution in [0.3, 0.4) is 0 Å². The number of ether oxygens (including phenoxy) is 1. The lowest BCUT2D eigenvalue weighted by molar-refractivity contribution is 0.00815. The number of nitrogens with one attached hydrogen (secondary N) is 1.